The number of hydrogen-bond acceptors (Lipinski definition) is 3. The molecule has 13 heavy (non-hydrogen) atoms. The molecule has 1 rings (SSSR count). The third-order valence-electron chi connectivity index (χ3n) is 1.68. The van der Waals surface area contributed by atoms with Crippen LogP contribution in [-0.4, -0.2) is 20.8 Å². The summed E-state index contributed by atoms with van der Waals surface area (Å²) in [4.78, 5) is 11.2. The van der Waals surface area contributed by atoms with Crippen LogP contribution in [0, 0.1) is 5.92 Å². The van der Waals surface area contributed by atoms with Gasteiger partial charge in [0, 0.05) is 5.92 Å². The van der Waals surface area contributed by atoms with E-state index in [0.717, 1.165) is 0 Å². The summed E-state index contributed by atoms with van der Waals surface area (Å²) in [7, 11) is 0. The van der Waals surface area contributed by atoms with Gasteiger partial charge in [0.1, 0.15) is 18.9 Å². The lowest BCUT2D eigenvalue weighted by Crippen LogP contribution is -2.15. The average molecular weight is 184 g/mol. The molecule has 0 amide bonds. The van der Waals surface area contributed by atoms with E-state index in [1.807, 2.05) is 13.8 Å². The van der Waals surface area contributed by atoms with Crippen LogP contribution in [0.1, 0.15) is 19.5 Å². The van der Waals surface area contributed by atoms with Crippen LogP contribution in [0.3, 0.4) is 0 Å². The van der Waals surface area contributed by atoms with Crippen LogP contribution in [0.25, 0.3) is 0 Å². The Hall–Kier alpha value is -1.26. The van der Waals surface area contributed by atoms with Gasteiger partial charge in [0.05, 0.1) is 6.20 Å². The molecule has 0 saturated heterocycles. The Balaban J connectivity index is 2.59. The fourth-order valence-corrected chi connectivity index (χ4v) is 0.819. The second kappa shape index (κ2) is 4.11. The van der Waals surface area contributed by atoms with Crippen molar-refractivity contribution in [3.8, 4) is 0 Å². The molecule has 0 saturated carbocycles. The number of hydrogen-bond donors (Lipinski definition) is 0. The Kier molecular flexibility index (Phi) is 3.11. The van der Waals surface area contributed by atoms with Gasteiger partial charge in [0.2, 0.25) is 0 Å². The zero-order chi connectivity index (χ0) is 9.84. The van der Waals surface area contributed by atoms with Crippen molar-refractivity contribution in [3.05, 3.63) is 11.9 Å². The summed E-state index contributed by atoms with van der Waals surface area (Å²) in [5.41, 5.74) is 0.261. The molecule has 0 radical (unpaired) electrons. The standard InChI is InChI=1S/C8H12FN3O/c1-6(2)8(13)5-12-4-7(3-9)10-11-12/h4,6H,3,5H2,1-2H3/i9-1. The summed E-state index contributed by atoms with van der Waals surface area (Å²) >= 11 is 0. The summed E-state index contributed by atoms with van der Waals surface area (Å²) in [6, 6.07) is 0. The number of ketones is 1. The van der Waals surface area contributed by atoms with Gasteiger partial charge in [-0.2, -0.15) is 0 Å². The zero-order valence-electron chi connectivity index (χ0n) is 7.70. The molecule has 0 atom stereocenters. The van der Waals surface area contributed by atoms with E-state index in [1.165, 1.54) is 10.9 Å². The molecule has 0 spiro atoms. The van der Waals surface area contributed by atoms with E-state index in [-0.39, 0.29) is 23.9 Å². The second-order valence-corrected chi connectivity index (χ2v) is 3.16. The largest absolute Gasteiger partial charge is 0.297 e. The summed E-state index contributed by atoms with van der Waals surface area (Å²) in [6.07, 6.45) is 1.44. The van der Waals surface area contributed by atoms with Crippen molar-refractivity contribution < 1.29 is 9.18 Å². The number of Topliss-reactive ketones (excluding diaryl/α,β-unsaturated/α-hetero) is 1. The maximum atomic E-state index is 12.0. The van der Waals surface area contributed by atoms with Gasteiger partial charge in [-0.25, -0.2) is 9.07 Å². The van der Waals surface area contributed by atoms with Gasteiger partial charge in [-0.3, -0.25) is 4.79 Å². The summed E-state index contributed by atoms with van der Waals surface area (Å²) in [6.45, 7) is 3.16. The predicted molar refractivity (Wildman–Crippen MR) is 44.7 cm³/mol. The highest BCUT2D eigenvalue weighted by atomic mass is 18.2. The highest BCUT2D eigenvalue weighted by Crippen LogP contribution is 1.99. The smallest absolute Gasteiger partial charge is 0.156 e. The third-order valence-corrected chi connectivity index (χ3v) is 1.68. The Labute approximate surface area is 75.7 Å². The molecule has 1 aromatic rings. The van der Waals surface area contributed by atoms with E-state index in [4.69, 9.17) is 0 Å². The first-order valence-electron chi connectivity index (χ1n) is 4.11. The lowest BCUT2D eigenvalue weighted by Gasteiger charge is -2.01. The molecule has 0 bridgehead atoms. The van der Waals surface area contributed by atoms with Crippen LogP contribution in [0.4, 0.5) is 4.39 Å². The third kappa shape index (κ3) is 2.61. The highest BCUT2D eigenvalue weighted by Gasteiger charge is 2.09. The molecule has 1 heterocycles. The molecule has 0 aliphatic heterocycles. The molecular formula is C8H12FN3O. The molecular weight excluding hydrogens is 172 g/mol. The first kappa shape index (κ1) is 9.83. The second-order valence-electron chi connectivity index (χ2n) is 3.16. The molecule has 0 aromatic carbocycles. The van der Waals surface area contributed by atoms with Crippen molar-refractivity contribution in [3.63, 3.8) is 0 Å². The number of rotatable bonds is 4. The van der Waals surface area contributed by atoms with Gasteiger partial charge in [0.25, 0.3) is 0 Å². The fraction of sp³-hybridized carbons (Fsp3) is 0.625. The summed E-state index contributed by atoms with van der Waals surface area (Å²) < 4.78 is 13.4. The van der Waals surface area contributed by atoms with Crippen molar-refractivity contribution in [1.29, 1.82) is 0 Å². The molecule has 72 valence electrons. The Bertz CT molecular complexity index is 295. The maximum Gasteiger partial charge on any atom is 0.156 e. The minimum absolute atomic E-state index is 0.0296. The lowest BCUT2D eigenvalue weighted by atomic mass is 10.1. The number of alkyl halides is 1. The zero-order valence-corrected chi connectivity index (χ0v) is 7.70. The molecule has 4 nitrogen and oxygen atoms in total. The van der Waals surface area contributed by atoms with Gasteiger partial charge < -0.3 is 0 Å². The van der Waals surface area contributed by atoms with Crippen molar-refractivity contribution in [2.45, 2.75) is 27.1 Å². The van der Waals surface area contributed by atoms with Crippen molar-refractivity contribution in [2.24, 2.45) is 5.92 Å². The van der Waals surface area contributed by atoms with Gasteiger partial charge in [0.15, 0.2) is 5.78 Å². The van der Waals surface area contributed by atoms with E-state index in [9.17, 15) is 9.18 Å². The molecule has 0 aliphatic rings. The average Bonchev–Trinajstić information content (AvgIpc) is 2.52. The highest BCUT2D eigenvalue weighted by molar-refractivity contribution is 5.79. The first-order chi connectivity index (χ1) is 6.13. The predicted octanol–water partition coefficient (Wildman–Crippen LogP) is 0.973. The van der Waals surface area contributed by atoms with Crippen LogP contribution >= 0.6 is 0 Å². The minimum Gasteiger partial charge on any atom is -0.297 e. The number of carbonyl (C=O) groups excluding carboxylic acids is 1. The molecule has 0 N–H and O–H groups in total. The first-order valence-corrected chi connectivity index (χ1v) is 4.11. The fourth-order valence-electron chi connectivity index (χ4n) is 0.819. The molecule has 5 heteroatoms. The van der Waals surface area contributed by atoms with Crippen LogP contribution in [0.15, 0.2) is 6.20 Å². The van der Waals surface area contributed by atoms with E-state index < -0.39 is 6.67 Å². The van der Waals surface area contributed by atoms with Crippen molar-refractivity contribution >= 4 is 5.78 Å². The SMILES string of the molecule is CC(C)C(=O)Cn1cc(C[18F])nn1. The van der Waals surface area contributed by atoms with E-state index in [1.54, 1.807) is 0 Å². The Morgan fingerprint density at radius 1 is 1.69 bits per heavy atom. The monoisotopic (exact) mass is 184 g/mol. The van der Waals surface area contributed by atoms with Crippen LogP contribution in [0.2, 0.25) is 0 Å². The maximum absolute atomic E-state index is 12.0. The van der Waals surface area contributed by atoms with E-state index >= 15 is 0 Å². The van der Waals surface area contributed by atoms with Crippen molar-refractivity contribution in [2.75, 3.05) is 0 Å². The van der Waals surface area contributed by atoms with Gasteiger partial charge in [-0.15, -0.1) is 5.10 Å². The quantitative estimate of drug-likeness (QED) is 0.700. The lowest BCUT2D eigenvalue weighted by molar-refractivity contribution is -0.122. The normalized spacial score (nSPS) is 10.8. The molecule has 1 aromatic heterocycles. The minimum atomic E-state index is -0.643. The molecule has 0 fully saturated rings. The van der Waals surface area contributed by atoms with Gasteiger partial charge in [-0.05, 0) is 0 Å². The van der Waals surface area contributed by atoms with Crippen molar-refractivity contribution in [1.82, 2.24) is 15.0 Å². The Morgan fingerprint density at radius 2 is 2.38 bits per heavy atom. The number of carbonyl (C=O) groups is 1. The van der Waals surface area contributed by atoms with Crippen LogP contribution < -0.4 is 0 Å². The Morgan fingerprint density at radius 3 is 2.85 bits per heavy atom. The van der Waals surface area contributed by atoms with E-state index in [2.05, 4.69) is 10.3 Å². The summed E-state index contributed by atoms with van der Waals surface area (Å²) in [5, 5.41) is 7.15. The number of halogens is 1. The topological polar surface area (TPSA) is 47.8 Å². The van der Waals surface area contributed by atoms with Crippen LogP contribution in [0.5, 0.6) is 0 Å². The van der Waals surface area contributed by atoms with E-state index in [0.29, 0.717) is 0 Å². The van der Waals surface area contributed by atoms with Gasteiger partial charge in [-0.1, -0.05) is 19.1 Å². The van der Waals surface area contributed by atoms with Crippen LogP contribution in [-0.2, 0) is 18.0 Å². The van der Waals surface area contributed by atoms with Gasteiger partial charge >= 0.3 is 0 Å². The molecule has 0 unspecified atom stereocenters. The summed E-state index contributed by atoms with van der Waals surface area (Å²) in [5.74, 6) is 0.0355. The number of aromatic nitrogens is 3. The number of nitrogens with zero attached hydrogens (tertiary/aromatic N) is 3. The molecule has 0 aliphatic carbocycles.